The van der Waals surface area contributed by atoms with Gasteiger partial charge in [0.1, 0.15) is 11.5 Å². The van der Waals surface area contributed by atoms with Gasteiger partial charge in [-0.2, -0.15) is 0 Å². The van der Waals surface area contributed by atoms with Gasteiger partial charge in [-0.15, -0.1) is 0 Å². The largest absolute Gasteiger partial charge is 0.465 e. The number of carbonyl (C=O) groups excluding carboxylic acids is 1. The second-order valence-corrected chi connectivity index (χ2v) is 4.81. The van der Waals surface area contributed by atoms with Crippen molar-refractivity contribution < 1.29 is 9.21 Å². The molecule has 1 heterocycles. The first-order chi connectivity index (χ1) is 8.52. The number of hydrogen-bond acceptors (Lipinski definition) is 3. The average Bonchev–Trinajstić information content (AvgIpc) is 2.73. The van der Waals surface area contributed by atoms with Gasteiger partial charge in [-0.3, -0.25) is 10.1 Å². The van der Waals surface area contributed by atoms with Gasteiger partial charge in [0.15, 0.2) is 0 Å². The first kappa shape index (κ1) is 14.8. The Morgan fingerprint density at radius 3 is 2.67 bits per heavy atom. The van der Waals surface area contributed by atoms with Crippen LogP contribution in [0.2, 0.25) is 0 Å². The van der Waals surface area contributed by atoms with Crippen molar-refractivity contribution in [1.29, 1.82) is 0 Å². The fourth-order valence-electron chi connectivity index (χ4n) is 1.86. The topological polar surface area (TPSA) is 54.3 Å². The molecular weight excluding hydrogens is 228 g/mol. The Kier molecular flexibility index (Phi) is 5.92. The molecule has 4 nitrogen and oxygen atoms in total. The van der Waals surface area contributed by atoms with E-state index in [9.17, 15) is 4.79 Å². The highest BCUT2D eigenvalue weighted by Gasteiger charge is 2.11. The van der Waals surface area contributed by atoms with Crippen LogP contribution >= 0.6 is 0 Å². The molecule has 1 amide bonds. The third-order valence-electron chi connectivity index (χ3n) is 2.89. The lowest BCUT2D eigenvalue weighted by Crippen LogP contribution is -2.39. The van der Waals surface area contributed by atoms with Crippen molar-refractivity contribution in [2.75, 3.05) is 6.54 Å². The van der Waals surface area contributed by atoms with Crippen molar-refractivity contribution in [3.8, 4) is 0 Å². The van der Waals surface area contributed by atoms with Crippen LogP contribution in [0.5, 0.6) is 0 Å². The van der Waals surface area contributed by atoms with Crippen molar-refractivity contribution in [2.24, 2.45) is 0 Å². The molecule has 0 saturated carbocycles. The Hall–Kier alpha value is -1.29. The van der Waals surface area contributed by atoms with Gasteiger partial charge in [-0.25, -0.2) is 0 Å². The van der Waals surface area contributed by atoms with Crippen molar-refractivity contribution in [1.82, 2.24) is 10.6 Å². The molecule has 0 aromatic carbocycles. The molecule has 0 radical (unpaired) electrons. The second-order valence-electron chi connectivity index (χ2n) is 4.81. The van der Waals surface area contributed by atoms with E-state index in [4.69, 9.17) is 4.42 Å². The van der Waals surface area contributed by atoms with E-state index in [1.165, 1.54) is 0 Å². The molecule has 1 aromatic heterocycles. The Morgan fingerprint density at radius 2 is 2.11 bits per heavy atom. The van der Waals surface area contributed by atoms with E-state index in [0.29, 0.717) is 6.54 Å². The molecule has 0 aliphatic heterocycles. The van der Waals surface area contributed by atoms with Crippen molar-refractivity contribution in [2.45, 2.75) is 52.6 Å². The number of furan rings is 1. The highest BCUT2D eigenvalue weighted by Crippen LogP contribution is 2.14. The third kappa shape index (κ3) is 4.92. The number of nitrogens with one attached hydrogen (secondary N) is 2. The first-order valence-corrected chi connectivity index (χ1v) is 6.62. The smallest absolute Gasteiger partial charge is 0.234 e. The quantitative estimate of drug-likeness (QED) is 0.784. The summed E-state index contributed by atoms with van der Waals surface area (Å²) < 4.78 is 5.50. The van der Waals surface area contributed by atoms with Crippen LogP contribution in [0.3, 0.4) is 0 Å². The molecule has 0 bridgehead atoms. The molecule has 0 spiro atoms. The van der Waals surface area contributed by atoms with E-state index < -0.39 is 0 Å². The Balaban J connectivity index is 2.30. The van der Waals surface area contributed by atoms with Gasteiger partial charge in [-0.05, 0) is 39.3 Å². The molecule has 0 saturated heterocycles. The second kappa shape index (κ2) is 7.21. The number of aryl methyl sites for hydroxylation is 1. The minimum Gasteiger partial charge on any atom is -0.465 e. The fourth-order valence-corrected chi connectivity index (χ4v) is 1.86. The van der Waals surface area contributed by atoms with Crippen LogP contribution in [0.25, 0.3) is 0 Å². The molecular formula is C14H24N2O2. The third-order valence-corrected chi connectivity index (χ3v) is 2.89. The van der Waals surface area contributed by atoms with E-state index in [-0.39, 0.29) is 18.0 Å². The van der Waals surface area contributed by atoms with Gasteiger partial charge in [-0.1, -0.05) is 13.3 Å². The number of hydrogen-bond donors (Lipinski definition) is 2. The van der Waals surface area contributed by atoms with Crippen LogP contribution in [-0.4, -0.2) is 18.5 Å². The summed E-state index contributed by atoms with van der Waals surface area (Å²) >= 11 is 0. The monoisotopic (exact) mass is 252 g/mol. The maximum absolute atomic E-state index is 11.7. The predicted octanol–water partition coefficient (Wildman–Crippen LogP) is 2.54. The molecule has 0 fully saturated rings. The van der Waals surface area contributed by atoms with Crippen molar-refractivity contribution in [3.63, 3.8) is 0 Å². The Morgan fingerprint density at radius 1 is 1.39 bits per heavy atom. The lowest BCUT2D eigenvalue weighted by molar-refractivity contribution is -0.121. The highest BCUT2D eigenvalue weighted by atomic mass is 16.3. The van der Waals surface area contributed by atoms with Gasteiger partial charge in [0.05, 0.1) is 12.6 Å². The summed E-state index contributed by atoms with van der Waals surface area (Å²) in [4.78, 5) is 11.7. The number of amides is 1. The van der Waals surface area contributed by atoms with Crippen LogP contribution < -0.4 is 10.6 Å². The summed E-state index contributed by atoms with van der Waals surface area (Å²) in [6, 6.07) is 4.15. The predicted molar refractivity (Wildman–Crippen MR) is 72.4 cm³/mol. The summed E-state index contributed by atoms with van der Waals surface area (Å²) in [5.74, 6) is 1.78. The molecule has 1 aromatic rings. The molecule has 1 rings (SSSR count). The van der Waals surface area contributed by atoms with Gasteiger partial charge in [0, 0.05) is 6.04 Å². The van der Waals surface area contributed by atoms with Gasteiger partial charge in [0.2, 0.25) is 5.91 Å². The summed E-state index contributed by atoms with van der Waals surface area (Å²) in [7, 11) is 0. The minimum atomic E-state index is 0.0334. The Bertz CT molecular complexity index is 374. The SMILES string of the molecule is CCCC(C)NC(=O)CNC(C)c1ccc(C)o1. The molecule has 0 aliphatic rings. The standard InChI is InChI=1S/C14H24N2O2/c1-5-6-10(2)16-14(17)9-15-12(4)13-8-7-11(3)18-13/h7-8,10,12,15H,5-6,9H2,1-4H3,(H,16,17). The molecule has 0 aliphatic carbocycles. The molecule has 2 unspecified atom stereocenters. The van der Waals surface area contributed by atoms with Crippen molar-refractivity contribution in [3.05, 3.63) is 23.7 Å². The zero-order valence-electron chi connectivity index (χ0n) is 11.7. The molecule has 4 heteroatoms. The maximum Gasteiger partial charge on any atom is 0.234 e. The van der Waals surface area contributed by atoms with Crippen LogP contribution in [0.4, 0.5) is 0 Å². The van der Waals surface area contributed by atoms with Crippen LogP contribution in [0, 0.1) is 6.92 Å². The van der Waals surface area contributed by atoms with Gasteiger partial charge < -0.3 is 9.73 Å². The van der Waals surface area contributed by atoms with Crippen LogP contribution in [0.15, 0.2) is 16.5 Å². The summed E-state index contributed by atoms with van der Waals surface area (Å²) in [6.45, 7) is 8.36. The lowest BCUT2D eigenvalue weighted by atomic mass is 10.2. The Labute approximate surface area is 109 Å². The van der Waals surface area contributed by atoms with Gasteiger partial charge in [0.25, 0.3) is 0 Å². The summed E-state index contributed by atoms with van der Waals surface area (Å²) in [5, 5.41) is 6.11. The highest BCUT2D eigenvalue weighted by molar-refractivity contribution is 5.78. The van der Waals surface area contributed by atoms with E-state index in [1.54, 1.807) is 0 Å². The number of rotatable bonds is 7. The van der Waals surface area contributed by atoms with E-state index in [2.05, 4.69) is 17.6 Å². The molecule has 18 heavy (non-hydrogen) atoms. The lowest BCUT2D eigenvalue weighted by Gasteiger charge is -2.15. The summed E-state index contributed by atoms with van der Waals surface area (Å²) in [6.07, 6.45) is 2.09. The summed E-state index contributed by atoms with van der Waals surface area (Å²) in [5.41, 5.74) is 0. The zero-order chi connectivity index (χ0) is 13.5. The number of carbonyl (C=O) groups is 1. The normalized spacial score (nSPS) is 14.2. The zero-order valence-corrected chi connectivity index (χ0v) is 11.7. The first-order valence-electron chi connectivity index (χ1n) is 6.62. The van der Waals surface area contributed by atoms with Gasteiger partial charge >= 0.3 is 0 Å². The average molecular weight is 252 g/mol. The molecule has 102 valence electrons. The maximum atomic E-state index is 11.7. The fraction of sp³-hybridized carbons (Fsp3) is 0.643. The van der Waals surface area contributed by atoms with E-state index in [1.807, 2.05) is 32.9 Å². The minimum absolute atomic E-state index is 0.0334. The van der Waals surface area contributed by atoms with Crippen LogP contribution in [-0.2, 0) is 4.79 Å². The van der Waals surface area contributed by atoms with E-state index >= 15 is 0 Å². The molecule has 2 atom stereocenters. The molecule has 2 N–H and O–H groups in total. The van der Waals surface area contributed by atoms with E-state index in [0.717, 1.165) is 24.4 Å². The van der Waals surface area contributed by atoms with Crippen LogP contribution in [0.1, 0.15) is 51.2 Å². The van der Waals surface area contributed by atoms with Crippen molar-refractivity contribution >= 4 is 5.91 Å².